The number of ether oxygens (including phenoxy) is 1. The van der Waals surface area contributed by atoms with Crippen LogP contribution in [0.2, 0.25) is 0 Å². The molecule has 1 saturated heterocycles. The lowest BCUT2D eigenvalue weighted by molar-refractivity contribution is -0.117. The number of rotatable bonds is 4. The Morgan fingerprint density at radius 3 is 2.96 bits per heavy atom. The first-order valence-corrected chi connectivity index (χ1v) is 7.50. The summed E-state index contributed by atoms with van der Waals surface area (Å²) in [4.78, 5) is 25.8. The van der Waals surface area contributed by atoms with E-state index in [-0.39, 0.29) is 18.4 Å². The third kappa shape index (κ3) is 3.48. The van der Waals surface area contributed by atoms with Gasteiger partial charge in [0.25, 0.3) is 0 Å². The number of amides is 3. The fourth-order valence-electron chi connectivity index (χ4n) is 2.60. The van der Waals surface area contributed by atoms with Gasteiger partial charge in [-0.15, -0.1) is 0 Å². The van der Waals surface area contributed by atoms with E-state index in [2.05, 4.69) is 15.8 Å². The van der Waals surface area contributed by atoms with Gasteiger partial charge in [0.2, 0.25) is 5.91 Å². The summed E-state index contributed by atoms with van der Waals surface area (Å²) in [6.45, 7) is 2.13. The molecule has 0 spiro atoms. The third-order valence-electron chi connectivity index (χ3n) is 3.69. The standard InChI is InChI=1S/C16H18N4O4/c1-10-6-14(19-24-10)18-16(22)17-11-7-15(21)20(9-11)12-4-3-5-13(8-12)23-2/h3-6,8,11H,7,9H2,1-2H3,(H2,17,18,19,22)/t11-/m0/s1. The van der Waals surface area contributed by atoms with Gasteiger partial charge in [-0.25, -0.2) is 4.79 Å². The van der Waals surface area contributed by atoms with Crippen LogP contribution in [0.4, 0.5) is 16.3 Å². The number of nitrogens with zero attached hydrogens (tertiary/aromatic N) is 2. The molecule has 8 nitrogen and oxygen atoms in total. The summed E-state index contributed by atoms with van der Waals surface area (Å²) in [7, 11) is 1.57. The molecule has 0 saturated carbocycles. The van der Waals surface area contributed by atoms with E-state index >= 15 is 0 Å². The van der Waals surface area contributed by atoms with Crippen LogP contribution in [0.15, 0.2) is 34.9 Å². The molecule has 1 aromatic carbocycles. The van der Waals surface area contributed by atoms with Crippen molar-refractivity contribution in [3.63, 3.8) is 0 Å². The lowest BCUT2D eigenvalue weighted by Gasteiger charge is -2.18. The number of benzene rings is 1. The van der Waals surface area contributed by atoms with Crippen molar-refractivity contribution in [2.75, 3.05) is 23.9 Å². The number of aryl methyl sites for hydroxylation is 1. The maximum Gasteiger partial charge on any atom is 0.320 e. The van der Waals surface area contributed by atoms with Gasteiger partial charge in [-0.05, 0) is 19.1 Å². The molecule has 0 radical (unpaired) electrons. The molecule has 0 aliphatic carbocycles. The van der Waals surface area contributed by atoms with Gasteiger partial charge in [0, 0.05) is 30.8 Å². The molecule has 2 N–H and O–H groups in total. The van der Waals surface area contributed by atoms with E-state index in [1.54, 1.807) is 31.1 Å². The minimum atomic E-state index is -0.423. The molecule has 3 amide bonds. The number of methoxy groups -OCH3 is 1. The van der Waals surface area contributed by atoms with E-state index in [1.807, 2.05) is 18.2 Å². The number of nitrogens with one attached hydrogen (secondary N) is 2. The first kappa shape index (κ1) is 15.9. The van der Waals surface area contributed by atoms with Gasteiger partial charge in [0.05, 0.1) is 13.2 Å². The number of hydrogen-bond acceptors (Lipinski definition) is 5. The second kappa shape index (κ2) is 6.61. The summed E-state index contributed by atoms with van der Waals surface area (Å²) in [5.41, 5.74) is 0.746. The Balaban J connectivity index is 1.60. The van der Waals surface area contributed by atoms with Gasteiger partial charge in [-0.1, -0.05) is 11.2 Å². The van der Waals surface area contributed by atoms with Gasteiger partial charge >= 0.3 is 6.03 Å². The van der Waals surface area contributed by atoms with E-state index in [0.29, 0.717) is 23.9 Å². The fraction of sp³-hybridized carbons (Fsp3) is 0.312. The molecule has 1 aromatic heterocycles. The van der Waals surface area contributed by atoms with E-state index in [4.69, 9.17) is 9.26 Å². The Bertz CT molecular complexity index is 758. The second-order valence-electron chi connectivity index (χ2n) is 5.53. The highest BCUT2D eigenvalue weighted by Crippen LogP contribution is 2.25. The van der Waals surface area contributed by atoms with Gasteiger partial charge in [-0.2, -0.15) is 0 Å². The molecule has 1 fully saturated rings. The molecule has 0 bridgehead atoms. The summed E-state index contributed by atoms with van der Waals surface area (Å²) in [6, 6.07) is 8.17. The molecule has 1 aliphatic heterocycles. The van der Waals surface area contributed by atoms with Crippen LogP contribution in [0.5, 0.6) is 5.75 Å². The Labute approximate surface area is 138 Å². The lowest BCUT2D eigenvalue weighted by atomic mass is 10.2. The van der Waals surface area contributed by atoms with Crippen LogP contribution in [-0.2, 0) is 4.79 Å². The van der Waals surface area contributed by atoms with Gasteiger partial charge in [-0.3, -0.25) is 10.1 Å². The zero-order valence-electron chi connectivity index (χ0n) is 13.4. The molecule has 2 aromatic rings. The molecule has 1 atom stereocenters. The van der Waals surface area contributed by atoms with Crippen molar-refractivity contribution in [3.8, 4) is 5.75 Å². The number of anilines is 2. The van der Waals surface area contributed by atoms with Crippen molar-refractivity contribution < 1.29 is 18.8 Å². The summed E-state index contributed by atoms with van der Waals surface area (Å²) in [5.74, 6) is 1.56. The highest BCUT2D eigenvalue weighted by Gasteiger charge is 2.31. The predicted octanol–water partition coefficient (Wildman–Crippen LogP) is 1.92. The van der Waals surface area contributed by atoms with Crippen LogP contribution in [0.1, 0.15) is 12.2 Å². The molecule has 8 heteroatoms. The van der Waals surface area contributed by atoms with Crippen LogP contribution < -0.4 is 20.3 Å². The molecule has 126 valence electrons. The van der Waals surface area contributed by atoms with Crippen molar-refractivity contribution in [2.24, 2.45) is 0 Å². The van der Waals surface area contributed by atoms with Crippen LogP contribution in [-0.4, -0.2) is 36.8 Å². The number of carbonyl (C=O) groups is 2. The number of carbonyl (C=O) groups excluding carboxylic acids is 2. The van der Waals surface area contributed by atoms with Crippen LogP contribution in [0.25, 0.3) is 0 Å². The maximum absolute atomic E-state index is 12.2. The van der Waals surface area contributed by atoms with Gasteiger partial charge in [0.15, 0.2) is 5.82 Å². The van der Waals surface area contributed by atoms with Gasteiger partial charge in [0.1, 0.15) is 11.5 Å². The van der Waals surface area contributed by atoms with E-state index in [0.717, 1.165) is 5.69 Å². The third-order valence-corrected chi connectivity index (χ3v) is 3.69. The maximum atomic E-state index is 12.2. The van der Waals surface area contributed by atoms with E-state index in [1.165, 1.54) is 0 Å². The van der Waals surface area contributed by atoms with Crippen molar-refractivity contribution in [2.45, 2.75) is 19.4 Å². The highest BCUT2D eigenvalue weighted by molar-refractivity contribution is 5.97. The van der Waals surface area contributed by atoms with Crippen molar-refractivity contribution in [3.05, 3.63) is 36.1 Å². The molecule has 0 unspecified atom stereocenters. The predicted molar refractivity (Wildman–Crippen MR) is 87.1 cm³/mol. The number of urea groups is 1. The normalized spacial score (nSPS) is 17.0. The van der Waals surface area contributed by atoms with E-state index < -0.39 is 6.03 Å². The SMILES string of the molecule is COc1cccc(N2C[C@@H](NC(=O)Nc3cc(C)on3)CC2=O)c1. The molecule has 3 rings (SSSR count). The first-order chi connectivity index (χ1) is 11.5. The van der Waals surface area contributed by atoms with Crippen LogP contribution in [0, 0.1) is 6.92 Å². The molecule has 2 heterocycles. The average Bonchev–Trinajstić information content (AvgIpc) is 3.12. The summed E-state index contributed by atoms with van der Waals surface area (Å²) in [5, 5.41) is 9.03. The quantitative estimate of drug-likeness (QED) is 0.893. The molecular formula is C16H18N4O4. The second-order valence-corrected chi connectivity index (χ2v) is 5.53. The average molecular weight is 330 g/mol. The zero-order valence-corrected chi connectivity index (χ0v) is 13.4. The Morgan fingerprint density at radius 2 is 2.25 bits per heavy atom. The topological polar surface area (TPSA) is 96.7 Å². The summed E-state index contributed by atoms with van der Waals surface area (Å²) >= 11 is 0. The number of hydrogen-bond donors (Lipinski definition) is 2. The molecule has 1 aliphatic rings. The zero-order chi connectivity index (χ0) is 17.1. The molecule has 24 heavy (non-hydrogen) atoms. The van der Waals surface area contributed by atoms with Crippen LogP contribution >= 0.6 is 0 Å². The minimum absolute atomic E-state index is 0.0502. The monoisotopic (exact) mass is 330 g/mol. The number of aromatic nitrogens is 1. The summed E-state index contributed by atoms with van der Waals surface area (Å²) in [6.07, 6.45) is 0.239. The Morgan fingerprint density at radius 1 is 1.42 bits per heavy atom. The Hall–Kier alpha value is -3.03. The van der Waals surface area contributed by atoms with Crippen molar-refractivity contribution in [1.29, 1.82) is 0 Å². The van der Waals surface area contributed by atoms with E-state index in [9.17, 15) is 9.59 Å². The largest absolute Gasteiger partial charge is 0.497 e. The smallest absolute Gasteiger partial charge is 0.320 e. The highest BCUT2D eigenvalue weighted by atomic mass is 16.5. The first-order valence-electron chi connectivity index (χ1n) is 7.50. The molecular weight excluding hydrogens is 312 g/mol. The minimum Gasteiger partial charge on any atom is -0.497 e. The van der Waals surface area contributed by atoms with Crippen molar-refractivity contribution in [1.82, 2.24) is 10.5 Å². The van der Waals surface area contributed by atoms with Gasteiger partial charge < -0.3 is 19.5 Å². The van der Waals surface area contributed by atoms with Crippen LogP contribution in [0.3, 0.4) is 0 Å². The fourth-order valence-corrected chi connectivity index (χ4v) is 2.60. The summed E-state index contributed by atoms with van der Waals surface area (Å²) < 4.78 is 10.1. The Kier molecular flexibility index (Phi) is 4.37. The lowest BCUT2D eigenvalue weighted by Crippen LogP contribution is -2.39. The van der Waals surface area contributed by atoms with Crippen molar-refractivity contribution >= 4 is 23.4 Å².